The van der Waals surface area contributed by atoms with Gasteiger partial charge in [-0.3, -0.25) is 4.68 Å². The highest BCUT2D eigenvalue weighted by Gasteiger charge is 2.45. The average Bonchev–Trinajstić information content (AvgIpc) is 2.62. The minimum atomic E-state index is -4.13. The number of aliphatic hydroxyl groups is 1. The Hall–Kier alpha value is -1.04. The van der Waals surface area contributed by atoms with Crippen molar-refractivity contribution in [1.82, 2.24) is 9.78 Å². The molecule has 0 amide bonds. The first kappa shape index (κ1) is 13.4. The van der Waals surface area contributed by atoms with Crippen LogP contribution in [0.25, 0.3) is 0 Å². The molecule has 6 heteroatoms. The van der Waals surface area contributed by atoms with Crippen LogP contribution >= 0.6 is 0 Å². The molecule has 0 spiro atoms. The maximum Gasteiger partial charge on any atom is 0.391 e. The lowest BCUT2D eigenvalue weighted by molar-refractivity contribution is -0.192. The lowest BCUT2D eigenvalue weighted by Gasteiger charge is -2.36. The smallest absolute Gasteiger partial charge is 0.389 e. The standard InChI is InChI=1S/C12H17F3N2O/c1-17-7-4-10(16-17)8-11(18)5-2-9(3-6-11)12(13,14)15/h4,7,9,18H,2-3,5-6,8H2,1H3. The number of hydrogen-bond acceptors (Lipinski definition) is 2. The van der Waals surface area contributed by atoms with Gasteiger partial charge in [0, 0.05) is 19.7 Å². The zero-order valence-corrected chi connectivity index (χ0v) is 10.2. The monoisotopic (exact) mass is 262 g/mol. The van der Waals surface area contributed by atoms with Crippen LogP contribution in [0.4, 0.5) is 13.2 Å². The Balaban J connectivity index is 1.95. The molecular formula is C12H17F3N2O. The second-order valence-corrected chi connectivity index (χ2v) is 5.20. The normalized spacial score (nSPS) is 29.5. The fourth-order valence-corrected chi connectivity index (χ4v) is 2.55. The zero-order valence-electron chi connectivity index (χ0n) is 10.2. The maximum atomic E-state index is 12.5. The van der Waals surface area contributed by atoms with Crippen LogP contribution in [0.15, 0.2) is 12.3 Å². The van der Waals surface area contributed by atoms with Crippen molar-refractivity contribution < 1.29 is 18.3 Å². The van der Waals surface area contributed by atoms with E-state index >= 15 is 0 Å². The molecule has 0 radical (unpaired) electrons. The summed E-state index contributed by atoms with van der Waals surface area (Å²) in [6, 6.07) is 1.79. The SMILES string of the molecule is Cn1ccc(CC2(O)CCC(C(F)(F)F)CC2)n1. The zero-order chi connectivity index (χ0) is 13.4. The Kier molecular flexibility index (Phi) is 3.40. The minimum Gasteiger partial charge on any atom is -0.389 e. The first-order chi connectivity index (χ1) is 8.28. The van der Waals surface area contributed by atoms with Crippen molar-refractivity contribution in [3.8, 4) is 0 Å². The molecule has 0 unspecified atom stereocenters. The molecular weight excluding hydrogens is 245 g/mol. The molecule has 0 atom stereocenters. The van der Waals surface area contributed by atoms with Gasteiger partial charge in [0.05, 0.1) is 17.2 Å². The molecule has 0 saturated heterocycles. The molecule has 1 aromatic heterocycles. The third kappa shape index (κ3) is 3.04. The molecule has 0 bridgehead atoms. The van der Waals surface area contributed by atoms with E-state index in [1.165, 1.54) is 0 Å². The molecule has 1 aliphatic carbocycles. The summed E-state index contributed by atoms with van der Waals surface area (Å²) in [7, 11) is 1.77. The van der Waals surface area contributed by atoms with E-state index in [2.05, 4.69) is 5.10 Å². The summed E-state index contributed by atoms with van der Waals surface area (Å²) in [4.78, 5) is 0. The van der Waals surface area contributed by atoms with Gasteiger partial charge in [-0.1, -0.05) is 0 Å². The number of nitrogens with zero attached hydrogens (tertiary/aromatic N) is 2. The molecule has 0 aliphatic heterocycles. The second-order valence-electron chi connectivity index (χ2n) is 5.20. The van der Waals surface area contributed by atoms with Crippen LogP contribution in [0, 0.1) is 5.92 Å². The number of alkyl halides is 3. The molecule has 1 aliphatic rings. The lowest BCUT2D eigenvalue weighted by atomic mass is 9.76. The number of hydrogen-bond donors (Lipinski definition) is 1. The first-order valence-corrected chi connectivity index (χ1v) is 6.06. The molecule has 1 fully saturated rings. The van der Waals surface area contributed by atoms with E-state index in [9.17, 15) is 18.3 Å². The van der Waals surface area contributed by atoms with Gasteiger partial charge >= 0.3 is 6.18 Å². The van der Waals surface area contributed by atoms with Gasteiger partial charge < -0.3 is 5.11 Å². The predicted octanol–water partition coefficient (Wildman–Crippen LogP) is 2.45. The largest absolute Gasteiger partial charge is 0.391 e. The molecule has 1 N–H and O–H groups in total. The van der Waals surface area contributed by atoms with Crippen LogP contribution in [-0.4, -0.2) is 26.7 Å². The third-order valence-corrected chi connectivity index (χ3v) is 3.66. The Morgan fingerprint density at radius 3 is 2.50 bits per heavy atom. The van der Waals surface area contributed by atoms with Gasteiger partial charge in [0.15, 0.2) is 0 Å². The van der Waals surface area contributed by atoms with Crippen molar-refractivity contribution in [1.29, 1.82) is 0 Å². The summed E-state index contributed by atoms with van der Waals surface area (Å²) in [5.41, 5.74) is -0.304. The van der Waals surface area contributed by atoms with E-state index in [0.717, 1.165) is 5.69 Å². The van der Waals surface area contributed by atoms with Crippen LogP contribution < -0.4 is 0 Å². The van der Waals surface area contributed by atoms with E-state index in [4.69, 9.17) is 0 Å². The quantitative estimate of drug-likeness (QED) is 0.889. The van der Waals surface area contributed by atoms with Crippen LogP contribution in [0.2, 0.25) is 0 Å². The molecule has 2 rings (SSSR count). The van der Waals surface area contributed by atoms with Gasteiger partial charge in [-0.2, -0.15) is 18.3 Å². The van der Waals surface area contributed by atoms with Crippen LogP contribution in [0.5, 0.6) is 0 Å². The van der Waals surface area contributed by atoms with Gasteiger partial charge in [0.2, 0.25) is 0 Å². The highest BCUT2D eigenvalue weighted by molar-refractivity contribution is 5.05. The predicted molar refractivity (Wildman–Crippen MR) is 59.9 cm³/mol. The van der Waals surface area contributed by atoms with Crippen LogP contribution in [0.3, 0.4) is 0 Å². The number of rotatable bonds is 2. The Morgan fingerprint density at radius 2 is 2.06 bits per heavy atom. The van der Waals surface area contributed by atoms with Gasteiger partial charge in [-0.15, -0.1) is 0 Å². The topological polar surface area (TPSA) is 38.0 Å². The Bertz CT molecular complexity index is 406. The van der Waals surface area contributed by atoms with Gasteiger partial charge in [-0.05, 0) is 31.7 Å². The Morgan fingerprint density at radius 1 is 1.44 bits per heavy atom. The van der Waals surface area contributed by atoms with Crippen LogP contribution in [-0.2, 0) is 13.5 Å². The van der Waals surface area contributed by atoms with E-state index in [0.29, 0.717) is 6.42 Å². The summed E-state index contributed by atoms with van der Waals surface area (Å²) in [6.07, 6.45) is -1.65. The molecule has 18 heavy (non-hydrogen) atoms. The third-order valence-electron chi connectivity index (χ3n) is 3.66. The Labute approximate surface area is 104 Å². The van der Waals surface area contributed by atoms with Crippen LogP contribution in [0.1, 0.15) is 31.4 Å². The fourth-order valence-electron chi connectivity index (χ4n) is 2.55. The van der Waals surface area contributed by atoms with Crippen molar-refractivity contribution in [2.45, 2.75) is 43.9 Å². The van der Waals surface area contributed by atoms with Gasteiger partial charge in [-0.25, -0.2) is 0 Å². The second kappa shape index (κ2) is 4.57. The average molecular weight is 262 g/mol. The summed E-state index contributed by atoms with van der Waals surface area (Å²) in [6.45, 7) is 0. The highest BCUT2D eigenvalue weighted by atomic mass is 19.4. The lowest BCUT2D eigenvalue weighted by Crippen LogP contribution is -2.40. The fraction of sp³-hybridized carbons (Fsp3) is 0.750. The summed E-state index contributed by atoms with van der Waals surface area (Å²) in [5.74, 6) is -1.26. The van der Waals surface area contributed by atoms with Crippen molar-refractivity contribution in [3.63, 3.8) is 0 Å². The maximum absolute atomic E-state index is 12.5. The first-order valence-electron chi connectivity index (χ1n) is 6.06. The number of aryl methyl sites for hydroxylation is 1. The number of aromatic nitrogens is 2. The van der Waals surface area contributed by atoms with E-state index < -0.39 is 17.7 Å². The van der Waals surface area contributed by atoms with Crippen molar-refractivity contribution in [2.24, 2.45) is 13.0 Å². The summed E-state index contributed by atoms with van der Waals surface area (Å²) >= 11 is 0. The molecule has 102 valence electrons. The molecule has 3 nitrogen and oxygen atoms in total. The van der Waals surface area contributed by atoms with E-state index in [1.54, 1.807) is 24.0 Å². The molecule has 0 aromatic carbocycles. The van der Waals surface area contributed by atoms with E-state index in [-0.39, 0.29) is 25.7 Å². The summed E-state index contributed by atoms with van der Waals surface area (Å²) in [5, 5.41) is 14.5. The van der Waals surface area contributed by atoms with Crippen molar-refractivity contribution in [3.05, 3.63) is 18.0 Å². The van der Waals surface area contributed by atoms with Crippen molar-refractivity contribution >= 4 is 0 Å². The number of halogens is 3. The molecule has 1 heterocycles. The van der Waals surface area contributed by atoms with E-state index in [1.807, 2.05) is 0 Å². The summed E-state index contributed by atoms with van der Waals surface area (Å²) < 4.78 is 39.2. The van der Waals surface area contributed by atoms with Gasteiger partial charge in [0.25, 0.3) is 0 Å². The molecule has 1 saturated carbocycles. The highest BCUT2D eigenvalue weighted by Crippen LogP contribution is 2.41. The molecule has 1 aromatic rings. The minimum absolute atomic E-state index is 0.00678. The van der Waals surface area contributed by atoms with Gasteiger partial charge in [0.1, 0.15) is 0 Å². The van der Waals surface area contributed by atoms with Crippen molar-refractivity contribution in [2.75, 3.05) is 0 Å².